The summed E-state index contributed by atoms with van der Waals surface area (Å²) in [6.07, 6.45) is 1.60. The van der Waals surface area contributed by atoms with Crippen LogP contribution in [0.4, 0.5) is 15.4 Å². The van der Waals surface area contributed by atoms with Crippen molar-refractivity contribution in [3.8, 4) is 0 Å². The number of amides is 2. The zero-order valence-corrected chi connectivity index (χ0v) is 14.4. The van der Waals surface area contributed by atoms with Gasteiger partial charge in [0.05, 0.1) is 0 Å². The van der Waals surface area contributed by atoms with Gasteiger partial charge in [0.25, 0.3) is 10.5 Å². The van der Waals surface area contributed by atoms with Crippen molar-refractivity contribution < 1.29 is 9.59 Å². The van der Waals surface area contributed by atoms with Crippen molar-refractivity contribution in [3.05, 3.63) is 24.4 Å². The molecule has 0 aliphatic rings. The van der Waals surface area contributed by atoms with Gasteiger partial charge in [0.2, 0.25) is 0 Å². The number of nitrogens with two attached hydrogens (primary N) is 1. The Morgan fingerprint density at radius 3 is 1.90 bits per heavy atom. The second kappa shape index (κ2) is 15.1. The Morgan fingerprint density at radius 1 is 1.19 bits per heavy atom. The van der Waals surface area contributed by atoms with Crippen LogP contribution >= 0.6 is 25.3 Å². The second-order valence-corrected chi connectivity index (χ2v) is 4.45. The van der Waals surface area contributed by atoms with Crippen molar-refractivity contribution in [1.29, 1.82) is 0 Å². The zero-order valence-electron chi connectivity index (χ0n) is 12.6. The predicted molar refractivity (Wildman–Crippen MR) is 94.3 cm³/mol. The van der Waals surface area contributed by atoms with Gasteiger partial charge in [-0.1, -0.05) is 52.1 Å². The molecule has 120 valence electrons. The number of anilines is 1. The van der Waals surface area contributed by atoms with Crippen molar-refractivity contribution in [2.24, 2.45) is 5.73 Å². The largest absolute Gasteiger partial charge is 0.361 e. The fourth-order valence-electron chi connectivity index (χ4n) is 1.22. The topological polar surface area (TPSA) is 88.3 Å². The number of nitrogens with zero attached hydrogens (tertiary/aromatic N) is 2. The van der Waals surface area contributed by atoms with Gasteiger partial charge in [0.1, 0.15) is 5.82 Å². The number of nitrogens with one attached hydrogen (secondary N) is 1. The van der Waals surface area contributed by atoms with Gasteiger partial charge in [-0.25, -0.2) is 4.98 Å². The normalized spacial score (nSPS) is 8.86. The highest BCUT2D eigenvalue weighted by Crippen LogP contribution is 2.00. The summed E-state index contributed by atoms with van der Waals surface area (Å²) < 4.78 is 0. The predicted octanol–water partition coefficient (Wildman–Crippen LogP) is 2.89. The number of primary amides is 1. The molecular formula is C13H24N4O2S2. The Balaban J connectivity index is 0. The minimum atomic E-state index is -0.639. The average molecular weight is 332 g/mol. The Morgan fingerprint density at radius 2 is 1.67 bits per heavy atom. The Kier molecular flexibility index (Phi) is 15.9. The summed E-state index contributed by atoms with van der Waals surface area (Å²) in [7, 11) is 0. The van der Waals surface area contributed by atoms with E-state index in [-0.39, 0.29) is 0 Å². The van der Waals surface area contributed by atoms with Crippen LogP contribution < -0.4 is 11.1 Å². The molecule has 0 aliphatic carbocycles. The van der Waals surface area contributed by atoms with Gasteiger partial charge < -0.3 is 16.0 Å². The minimum absolute atomic E-state index is 0.404. The third kappa shape index (κ3) is 18.8. The van der Waals surface area contributed by atoms with Gasteiger partial charge in [0, 0.05) is 6.20 Å². The van der Waals surface area contributed by atoms with Crippen LogP contribution in [-0.2, 0) is 0 Å². The zero-order chi connectivity index (χ0) is 16.7. The molecule has 1 aromatic rings. The number of carbonyl (C=O) groups is 2. The molecule has 0 atom stereocenters. The summed E-state index contributed by atoms with van der Waals surface area (Å²) in [6, 6.07) is 5.24. The van der Waals surface area contributed by atoms with E-state index in [1.807, 2.05) is 0 Å². The van der Waals surface area contributed by atoms with E-state index in [2.05, 4.69) is 67.0 Å². The summed E-state index contributed by atoms with van der Waals surface area (Å²) in [6.45, 7) is 10.1. The van der Waals surface area contributed by atoms with E-state index in [0.29, 0.717) is 5.82 Å². The summed E-state index contributed by atoms with van der Waals surface area (Å²) in [4.78, 5) is 25.6. The molecule has 3 N–H and O–H groups in total. The number of rotatable bonds is 4. The molecule has 1 aromatic heterocycles. The maximum absolute atomic E-state index is 10.3. The van der Waals surface area contributed by atoms with Crippen LogP contribution in [0.15, 0.2) is 24.4 Å². The second-order valence-electron chi connectivity index (χ2n) is 3.60. The molecule has 0 spiro atoms. The highest BCUT2D eigenvalue weighted by Gasteiger charge is 1.92. The van der Waals surface area contributed by atoms with Gasteiger partial charge in [0.15, 0.2) is 0 Å². The van der Waals surface area contributed by atoms with Gasteiger partial charge >= 0.3 is 0 Å². The first-order valence-electron chi connectivity index (χ1n) is 6.48. The minimum Gasteiger partial charge on any atom is -0.361 e. The lowest BCUT2D eigenvalue weighted by molar-refractivity contribution is 0.267. The van der Waals surface area contributed by atoms with Crippen LogP contribution in [0.25, 0.3) is 0 Å². The van der Waals surface area contributed by atoms with Crippen molar-refractivity contribution in [3.63, 3.8) is 0 Å². The molecule has 0 saturated carbocycles. The third-order valence-corrected chi connectivity index (χ3v) is 2.35. The third-order valence-electron chi connectivity index (χ3n) is 2.24. The average Bonchev–Trinajstić information content (AvgIpc) is 2.41. The smallest absolute Gasteiger partial charge is 0.281 e. The van der Waals surface area contributed by atoms with Gasteiger partial charge in [-0.05, 0) is 31.8 Å². The number of aromatic nitrogens is 1. The van der Waals surface area contributed by atoms with Crippen LogP contribution in [-0.4, -0.2) is 40.0 Å². The van der Waals surface area contributed by atoms with Crippen molar-refractivity contribution in [1.82, 2.24) is 9.88 Å². The molecule has 0 aliphatic heterocycles. The van der Waals surface area contributed by atoms with E-state index >= 15 is 0 Å². The van der Waals surface area contributed by atoms with E-state index in [0.717, 1.165) is 0 Å². The highest BCUT2D eigenvalue weighted by molar-refractivity contribution is 7.97. The maximum Gasteiger partial charge on any atom is 0.281 e. The summed E-state index contributed by atoms with van der Waals surface area (Å²) in [5.41, 5.74) is 4.34. The Labute approximate surface area is 137 Å². The Bertz CT molecular complexity index is 378. The van der Waals surface area contributed by atoms with Crippen LogP contribution in [0.3, 0.4) is 0 Å². The van der Waals surface area contributed by atoms with Gasteiger partial charge in [-0.15, -0.1) is 0 Å². The lowest BCUT2D eigenvalue weighted by Crippen LogP contribution is -2.21. The molecular weight excluding hydrogens is 308 g/mol. The molecule has 0 unspecified atom stereocenters. The lowest BCUT2D eigenvalue weighted by atomic mass is 10.5. The quantitative estimate of drug-likeness (QED) is 0.638. The molecule has 21 heavy (non-hydrogen) atoms. The molecule has 6 nitrogen and oxygen atoms in total. The van der Waals surface area contributed by atoms with Crippen LogP contribution in [0.2, 0.25) is 0 Å². The standard InChI is InChI=1S/C6H6N2OS.C6H15N.CH3NOS/c9-6(10)8-5-3-1-2-4-7-5;1-4-7(5-2)6-3;2-1(3)4/h1-4H,(H2,7,8,9,10);4-6H2,1-3H3;(H3,2,3,4). The van der Waals surface area contributed by atoms with E-state index in [1.165, 1.54) is 19.6 Å². The van der Waals surface area contributed by atoms with Crippen molar-refractivity contribution >= 4 is 41.6 Å². The van der Waals surface area contributed by atoms with E-state index in [1.54, 1.807) is 24.4 Å². The van der Waals surface area contributed by atoms with E-state index in [4.69, 9.17) is 4.79 Å². The fourth-order valence-corrected chi connectivity index (χ4v) is 1.33. The molecule has 2 amide bonds. The van der Waals surface area contributed by atoms with Crippen molar-refractivity contribution in [2.45, 2.75) is 20.8 Å². The molecule has 8 heteroatoms. The van der Waals surface area contributed by atoms with Gasteiger partial charge in [-0.3, -0.25) is 9.59 Å². The Hall–Kier alpha value is -1.25. The first kappa shape index (κ1) is 22.0. The summed E-state index contributed by atoms with van der Waals surface area (Å²) >= 11 is 6.62. The SMILES string of the molecule is CCN(CC)CC.NC(=O)S.O=C(S)Nc1ccccn1. The van der Waals surface area contributed by atoms with Crippen LogP contribution in [0.1, 0.15) is 20.8 Å². The first-order valence-corrected chi connectivity index (χ1v) is 7.38. The molecule has 0 radical (unpaired) electrons. The van der Waals surface area contributed by atoms with Crippen LogP contribution in [0, 0.1) is 0 Å². The monoisotopic (exact) mass is 332 g/mol. The number of hydrogen-bond acceptors (Lipinski definition) is 4. The number of pyridine rings is 1. The summed E-state index contributed by atoms with van der Waals surface area (Å²) in [5, 5.41) is 1.38. The fraction of sp³-hybridized carbons (Fsp3) is 0.462. The molecule has 1 heterocycles. The molecule has 0 bridgehead atoms. The van der Waals surface area contributed by atoms with E-state index < -0.39 is 10.5 Å². The number of thiol groups is 2. The van der Waals surface area contributed by atoms with E-state index in [9.17, 15) is 4.79 Å². The van der Waals surface area contributed by atoms with Gasteiger partial charge in [-0.2, -0.15) is 0 Å². The van der Waals surface area contributed by atoms with Crippen molar-refractivity contribution in [2.75, 3.05) is 25.0 Å². The molecule has 1 rings (SSSR count). The maximum atomic E-state index is 10.3. The first-order chi connectivity index (χ1) is 9.87. The number of carbonyl (C=O) groups excluding carboxylic acids is 2. The van der Waals surface area contributed by atoms with Crippen LogP contribution in [0.5, 0.6) is 0 Å². The summed E-state index contributed by atoms with van der Waals surface area (Å²) in [5.74, 6) is 0.516. The molecule has 0 saturated heterocycles. The molecule has 0 aromatic carbocycles. The molecule has 0 fully saturated rings. The lowest BCUT2D eigenvalue weighted by Gasteiger charge is -2.13. The highest BCUT2D eigenvalue weighted by atomic mass is 32.1. The number of hydrogen-bond donors (Lipinski definition) is 4.